The van der Waals surface area contributed by atoms with E-state index in [0.717, 1.165) is 32.1 Å². The van der Waals surface area contributed by atoms with Gasteiger partial charge in [-0.1, -0.05) is 360 Å². The summed E-state index contributed by atoms with van der Waals surface area (Å²) in [6, 6.07) is 0. The fourth-order valence-corrected chi connectivity index (χ4v) is 12.3. The Bertz CT molecular complexity index is 1420. The molecule has 0 heterocycles. The number of phosphoric ester groups is 1. The molecule has 0 radical (unpaired) electrons. The summed E-state index contributed by atoms with van der Waals surface area (Å²) in [5.41, 5.74) is 0. The number of unbranched alkanes of at least 4 members (excludes halogenated alkanes) is 55. The molecule has 9 nitrogen and oxygen atoms in total. The predicted octanol–water partition coefficient (Wildman–Crippen LogP) is 24.3. The van der Waals surface area contributed by atoms with Gasteiger partial charge in [-0.15, -0.1) is 0 Å². The first-order valence-corrected chi connectivity index (χ1v) is 38.9. The fourth-order valence-electron chi connectivity index (χ4n) is 11.5. The van der Waals surface area contributed by atoms with Crippen LogP contribution in [0.1, 0.15) is 399 Å². The Morgan fingerprint density at radius 1 is 0.357 bits per heavy atom. The Morgan fingerprint density at radius 2 is 0.607 bits per heavy atom. The highest BCUT2D eigenvalue weighted by atomic mass is 31.2. The van der Waals surface area contributed by atoms with Gasteiger partial charge in [0.15, 0.2) is 6.10 Å². The van der Waals surface area contributed by atoms with Crippen molar-refractivity contribution in [1.29, 1.82) is 0 Å². The van der Waals surface area contributed by atoms with Gasteiger partial charge in [0.25, 0.3) is 0 Å². The topological polar surface area (TPSA) is 108 Å². The van der Waals surface area contributed by atoms with Gasteiger partial charge in [0.1, 0.15) is 19.8 Å². The van der Waals surface area contributed by atoms with E-state index in [1.54, 1.807) is 0 Å². The zero-order valence-corrected chi connectivity index (χ0v) is 58.1. The van der Waals surface area contributed by atoms with Crippen LogP contribution in [0.4, 0.5) is 0 Å². The molecule has 0 bridgehead atoms. The highest BCUT2D eigenvalue weighted by molar-refractivity contribution is 7.47. The van der Waals surface area contributed by atoms with Gasteiger partial charge < -0.3 is 18.9 Å². The number of ether oxygens (including phenoxy) is 2. The van der Waals surface area contributed by atoms with Crippen molar-refractivity contribution >= 4 is 19.8 Å². The first-order valence-electron chi connectivity index (χ1n) is 37.4. The van der Waals surface area contributed by atoms with Crippen LogP contribution in [0.15, 0.2) is 12.2 Å². The lowest BCUT2D eigenvalue weighted by Gasteiger charge is -2.24. The third-order valence-corrected chi connectivity index (χ3v) is 18.3. The molecular weight excluding hydrogens is 1060 g/mol. The number of esters is 2. The Kier molecular flexibility index (Phi) is 65.2. The van der Waals surface area contributed by atoms with Crippen molar-refractivity contribution in [1.82, 2.24) is 0 Å². The molecule has 0 aromatic heterocycles. The van der Waals surface area contributed by atoms with Crippen molar-refractivity contribution in [3.8, 4) is 0 Å². The normalized spacial score (nSPS) is 13.1. The number of likely N-dealkylation sites (N-methyl/N-ethyl adjacent to an activating group) is 1. The number of carbonyl (C=O) groups is 2. The van der Waals surface area contributed by atoms with Crippen LogP contribution in [0.2, 0.25) is 0 Å². The number of quaternary nitrogens is 1. The number of allylic oxidation sites excluding steroid dienone is 2. The SMILES string of the molecule is CCCCCCCCCC/C=C\CCCCCCCCCCCC(=O)OC(COC(=O)CCCCCCCCCCCCCCCCCCCCCCCCCCCCCCCCCCCCCCCCC)COP(=O)(O)OCC[N+](C)(C)C. The molecule has 0 aromatic rings. The lowest BCUT2D eigenvalue weighted by molar-refractivity contribution is -0.870. The summed E-state index contributed by atoms with van der Waals surface area (Å²) in [4.78, 5) is 35.9. The van der Waals surface area contributed by atoms with E-state index in [1.807, 2.05) is 21.1 Å². The standard InChI is InChI=1S/C74H146NO8P/c1-6-8-10-12-14-16-18-20-22-24-26-28-29-30-31-32-33-34-35-36-37-38-39-40-41-42-43-44-45-47-48-50-52-54-56-58-60-62-64-66-73(76)80-70-72(71-82-84(78,79)81-69-68-75(3,4)5)83-74(77)67-65-63-61-59-57-55-53-51-49-46-27-25-23-21-19-17-15-13-11-9-7-2/h25,27,72H,6-24,26,28-71H2,1-5H3/p+1/b27-25-. The second kappa shape index (κ2) is 66.2. The van der Waals surface area contributed by atoms with E-state index < -0.39 is 26.5 Å². The molecule has 0 amide bonds. The van der Waals surface area contributed by atoms with Crippen molar-refractivity contribution in [3.63, 3.8) is 0 Å². The second-order valence-electron chi connectivity index (χ2n) is 27.0. The van der Waals surface area contributed by atoms with Gasteiger partial charge >= 0.3 is 19.8 Å². The van der Waals surface area contributed by atoms with Crippen LogP contribution >= 0.6 is 7.82 Å². The van der Waals surface area contributed by atoms with Crippen molar-refractivity contribution < 1.29 is 42.1 Å². The summed E-state index contributed by atoms with van der Waals surface area (Å²) >= 11 is 0. The first kappa shape index (κ1) is 82.8. The van der Waals surface area contributed by atoms with Gasteiger partial charge in [0.2, 0.25) is 0 Å². The lowest BCUT2D eigenvalue weighted by Crippen LogP contribution is -2.37. The predicted molar refractivity (Wildman–Crippen MR) is 363 cm³/mol. The highest BCUT2D eigenvalue weighted by Gasteiger charge is 2.27. The summed E-state index contributed by atoms with van der Waals surface area (Å²) in [5.74, 6) is -0.776. The Hall–Kier alpha value is -1.25. The summed E-state index contributed by atoms with van der Waals surface area (Å²) in [6.07, 6.45) is 82.1. The number of hydrogen-bond acceptors (Lipinski definition) is 7. The monoisotopic (exact) mass is 1210 g/mol. The first-order chi connectivity index (χ1) is 41.0. The number of carbonyl (C=O) groups excluding carboxylic acids is 2. The lowest BCUT2D eigenvalue weighted by atomic mass is 10.0. The molecule has 0 aliphatic carbocycles. The minimum atomic E-state index is -4.39. The zero-order chi connectivity index (χ0) is 61.2. The van der Waals surface area contributed by atoms with Crippen molar-refractivity contribution in [3.05, 3.63) is 12.2 Å². The van der Waals surface area contributed by atoms with Crippen LogP contribution in [-0.4, -0.2) is 74.9 Å². The highest BCUT2D eigenvalue weighted by Crippen LogP contribution is 2.43. The molecule has 0 spiro atoms. The molecule has 1 N–H and O–H groups in total. The van der Waals surface area contributed by atoms with Crippen LogP contribution in [0.25, 0.3) is 0 Å². The molecule has 2 atom stereocenters. The van der Waals surface area contributed by atoms with E-state index in [2.05, 4.69) is 26.0 Å². The van der Waals surface area contributed by atoms with Crippen molar-refractivity contribution in [2.75, 3.05) is 47.5 Å². The summed E-state index contributed by atoms with van der Waals surface area (Å²) in [5, 5.41) is 0. The van der Waals surface area contributed by atoms with Crippen molar-refractivity contribution in [2.24, 2.45) is 0 Å². The summed E-state index contributed by atoms with van der Waals surface area (Å²) in [7, 11) is 1.50. The maximum absolute atomic E-state index is 12.9. The van der Waals surface area contributed by atoms with E-state index >= 15 is 0 Å². The van der Waals surface area contributed by atoms with E-state index in [1.165, 1.54) is 334 Å². The minimum Gasteiger partial charge on any atom is -0.462 e. The molecule has 0 aliphatic rings. The van der Waals surface area contributed by atoms with Crippen molar-refractivity contribution in [2.45, 2.75) is 405 Å². The maximum atomic E-state index is 12.9. The molecule has 500 valence electrons. The van der Waals surface area contributed by atoms with Gasteiger partial charge in [-0.25, -0.2) is 4.57 Å². The van der Waals surface area contributed by atoms with Crippen LogP contribution in [0.5, 0.6) is 0 Å². The Labute approximate surface area is 524 Å². The smallest absolute Gasteiger partial charge is 0.462 e. The van der Waals surface area contributed by atoms with Gasteiger partial charge in [-0.2, -0.15) is 0 Å². The Balaban J connectivity index is 3.86. The second-order valence-corrected chi connectivity index (χ2v) is 28.5. The number of hydrogen-bond donors (Lipinski definition) is 1. The molecule has 0 fully saturated rings. The molecule has 0 rings (SSSR count). The van der Waals surface area contributed by atoms with E-state index in [0.29, 0.717) is 23.9 Å². The van der Waals surface area contributed by atoms with E-state index in [9.17, 15) is 19.0 Å². The maximum Gasteiger partial charge on any atom is 0.472 e. The van der Waals surface area contributed by atoms with Gasteiger partial charge in [-0.3, -0.25) is 18.6 Å². The summed E-state index contributed by atoms with van der Waals surface area (Å²) < 4.78 is 34.7. The molecule has 84 heavy (non-hydrogen) atoms. The largest absolute Gasteiger partial charge is 0.472 e. The van der Waals surface area contributed by atoms with Crippen LogP contribution < -0.4 is 0 Å². The fraction of sp³-hybridized carbons (Fsp3) is 0.946. The number of rotatable bonds is 71. The van der Waals surface area contributed by atoms with Gasteiger partial charge in [-0.05, 0) is 38.5 Å². The molecule has 2 unspecified atom stereocenters. The average Bonchev–Trinajstić information content (AvgIpc) is 3.61. The van der Waals surface area contributed by atoms with Gasteiger partial charge in [0.05, 0.1) is 27.7 Å². The van der Waals surface area contributed by atoms with Crippen LogP contribution in [0, 0.1) is 0 Å². The third-order valence-electron chi connectivity index (χ3n) is 17.3. The zero-order valence-electron chi connectivity index (χ0n) is 57.2. The molecule has 0 saturated heterocycles. The van der Waals surface area contributed by atoms with Crippen LogP contribution in [0.3, 0.4) is 0 Å². The third kappa shape index (κ3) is 69.8. The van der Waals surface area contributed by atoms with Gasteiger partial charge in [0, 0.05) is 12.8 Å². The Morgan fingerprint density at radius 3 is 0.881 bits per heavy atom. The minimum absolute atomic E-state index is 0.0353. The molecular formula is C74H147NO8P+. The quantitative estimate of drug-likeness (QED) is 0.0211. The molecule has 10 heteroatoms. The average molecular weight is 1210 g/mol. The molecule has 0 aliphatic heterocycles. The van der Waals surface area contributed by atoms with E-state index in [4.69, 9.17) is 18.5 Å². The van der Waals surface area contributed by atoms with Crippen LogP contribution in [-0.2, 0) is 32.7 Å². The van der Waals surface area contributed by atoms with E-state index in [-0.39, 0.29) is 25.6 Å². The molecule has 0 aromatic carbocycles. The molecule has 0 saturated carbocycles. The number of nitrogens with zero attached hydrogens (tertiary/aromatic N) is 1. The summed E-state index contributed by atoms with van der Waals surface area (Å²) in [6.45, 7) is 4.51. The number of phosphoric acid groups is 1.